The maximum absolute atomic E-state index is 11.3. The Morgan fingerprint density at radius 2 is 2.06 bits per heavy atom. The molecule has 18 heavy (non-hydrogen) atoms. The van der Waals surface area contributed by atoms with Crippen molar-refractivity contribution in [3.8, 4) is 0 Å². The number of amides is 2. The van der Waals surface area contributed by atoms with E-state index in [1.54, 1.807) is 6.92 Å². The molecule has 0 saturated heterocycles. The Bertz CT molecular complexity index is 403. The minimum absolute atomic E-state index is 0.235. The fourth-order valence-electron chi connectivity index (χ4n) is 1.74. The topological polar surface area (TPSA) is 61.4 Å². The summed E-state index contributed by atoms with van der Waals surface area (Å²) < 4.78 is 0. The fraction of sp³-hybridized carbons (Fsp3) is 0.500. The maximum atomic E-state index is 11.3. The van der Waals surface area contributed by atoms with Crippen LogP contribution in [0.4, 0.5) is 4.79 Å². The van der Waals surface area contributed by atoms with E-state index in [4.69, 9.17) is 5.11 Å². The van der Waals surface area contributed by atoms with Gasteiger partial charge in [0.25, 0.3) is 0 Å². The van der Waals surface area contributed by atoms with Crippen molar-refractivity contribution >= 4 is 6.03 Å². The Morgan fingerprint density at radius 1 is 1.33 bits per heavy atom. The van der Waals surface area contributed by atoms with Crippen molar-refractivity contribution < 1.29 is 9.90 Å². The highest BCUT2D eigenvalue weighted by Crippen LogP contribution is 2.10. The van der Waals surface area contributed by atoms with Crippen LogP contribution in [0.3, 0.4) is 0 Å². The normalized spacial score (nSPS) is 12.0. The predicted molar refractivity (Wildman–Crippen MR) is 72.7 cm³/mol. The third kappa shape index (κ3) is 5.19. The number of hydrogen-bond acceptors (Lipinski definition) is 2. The second-order valence-corrected chi connectivity index (χ2v) is 4.67. The highest BCUT2D eigenvalue weighted by atomic mass is 16.3. The number of carbonyl (C=O) groups excluding carboxylic acids is 1. The summed E-state index contributed by atoms with van der Waals surface area (Å²) in [5, 5.41) is 14.4. The summed E-state index contributed by atoms with van der Waals surface area (Å²) in [6.45, 7) is 6.65. The summed E-state index contributed by atoms with van der Waals surface area (Å²) in [7, 11) is 0. The van der Waals surface area contributed by atoms with Crippen molar-refractivity contribution in [2.24, 2.45) is 0 Å². The minimum Gasteiger partial charge on any atom is -0.392 e. The second kappa shape index (κ2) is 7.01. The average molecular weight is 250 g/mol. The van der Waals surface area contributed by atoms with Crippen molar-refractivity contribution in [3.63, 3.8) is 0 Å². The van der Waals surface area contributed by atoms with Crippen molar-refractivity contribution in [1.82, 2.24) is 10.6 Å². The first-order valence-electron chi connectivity index (χ1n) is 6.25. The van der Waals surface area contributed by atoms with Gasteiger partial charge in [0, 0.05) is 13.1 Å². The molecule has 0 fully saturated rings. The van der Waals surface area contributed by atoms with E-state index >= 15 is 0 Å². The summed E-state index contributed by atoms with van der Waals surface area (Å²) in [4.78, 5) is 11.3. The molecule has 2 amide bonds. The van der Waals surface area contributed by atoms with Crippen LogP contribution in [0.1, 0.15) is 23.6 Å². The molecule has 0 bridgehead atoms. The molecule has 0 spiro atoms. The average Bonchev–Trinajstić information content (AvgIpc) is 2.29. The Labute approximate surface area is 108 Å². The van der Waals surface area contributed by atoms with Gasteiger partial charge in [-0.2, -0.15) is 0 Å². The molecule has 0 aliphatic rings. The molecule has 0 aliphatic heterocycles. The van der Waals surface area contributed by atoms with Crippen LogP contribution in [0.5, 0.6) is 0 Å². The lowest BCUT2D eigenvalue weighted by atomic mass is 10.0. The highest BCUT2D eigenvalue weighted by molar-refractivity contribution is 5.73. The predicted octanol–water partition coefficient (Wildman–Crippen LogP) is 1.53. The van der Waals surface area contributed by atoms with Gasteiger partial charge in [0.05, 0.1) is 6.10 Å². The van der Waals surface area contributed by atoms with E-state index in [0.29, 0.717) is 6.54 Å². The van der Waals surface area contributed by atoms with Gasteiger partial charge in [0.1, 0.15) is 0 Å². The van der Waals surface area contributed by atoms with Crippen LogP contribution in [0, 0.1) is 13.8 Å². The molecule has 0 radical (unpaired) electrons. The van der Waals surface area contributed by atoms with Crippen LogP contribution in [0.25, 0.3) is 0 Å². The van der Waals surface area contributed by atoms with Gasteiger partial charge in [-0.25, -0.2) is 4.79 Å². The van der Waals surface area contributed by atoms with Gasteiger partial charge in [-0.15, -0.1) is 0 Å². The number of benzene rings is 1. The zero-order chi connectivity index (χ0) is 13.5. The largest absolute Gasteiger partial charge is 0.392 e. The Hall–Kier alpha value is -1.55. The lowest BCUT2D eigenvalue weighted by Gasteiger charge is -2.10. The fourth-order valence-corrected chi connectivity index (χ4v) is 1.74. The molecule has 0 unspecified atom stereocenters. The summed E-state index contributed by atoms with van der Waals surface area (Å²) in [5.74, 6) is 0. The lowest BCUT2D eigenvalue weighted by Crippen LogP contribution is -2.39. The van der Waals surface area contributed by atoms with Gasteiger partial charge in [-0.3, -0.25) is 0 Å². The van der Waals surface area contributed by atoms with E-state index in [1.807, 2.05) is 0 Å². The van der Waals surface area contributed by atoms with Crippen LogP contribution in [0.15, 0.2) is 18.2 Å². The quantitative estimate of drug-likeness (QED) is 0.742. The third-order valence-corrected chi connectivity index (χ3v) is 2.74. The molecular formula is C14H22N2O2. The standard InChI is InChI=1S/C14H22N2O2/c1-10-4-5-13(11(2)8-10)6-7-15-14(18)16-9-12(3)17/h4-5,8,12,17H,6-7,9H2,1-3H3,(H2,15,16,18)/t12-/m1/s1. The minimum atomic E-state index is -0.518. The molecule has 3 N–H and O–H groups in total. The van der Waals surface area contributed by atoms with Crippen molar-refractivity contribution in [1.29, 1.82) is 0 Å². The van der Waals surface area contributed by atoms with Gasteiger partial charge < -0.3 is 15.7 Å². The number of urea groups is 1. The molecule has 4 heteroatoms. The number of nitrogens with one attached hydrogen (secondary N) is 2. The van der Waals surface area contributed by atoms with E-state index in [0.717, 1.165) is 6.42 Å². The van der Waals surface area contributed by atoms with Crippen LogP contribution >= 0.6 is 0 Å². The molecule has 100 valence electrons. The first-order chi connectivity index (χ1) is 8.49. The molecule has 1 aromatic rings. The SMILES string of the molecule is Cc1ccc(CCNC(=O)NC[C@@H](C)O)c(C)c1. The molecule has 1 atom stereocenters. The van der Waals surface area contributed by atoms with E-state index in [9.17, 15) is 4.79 Å². The van der Waals surface area contributed by atoms with E-state index in [-0.39, 0.29) is 12.6 Å². The van der Waals surface area contributed by atoms with E-state index in [2.05, 4.69) is 42.7 Å². The molecule has 1 rings (SSSR count). The second-order valence-electron chi connectivity index (χ2n) is 4.67. The van der Waals surface area contributed by atoms with Gasteiger partial charge in [-0.1, -0.05) is 23.8 Å². The first kappa shape index (κ1) is 14.5. The molecule has 0 aliphatic carbocycles. The van der Waals surface area contributed by atoms with Gasteiger partial charge in [-0.05, 0) is 38.3 Å². The van der Waals surface area contributed by atoms with Crippen LogP contribution in [-0.4, -0.2) is 30.3 Å². The van der Waals surface area contributed by atoms with E-state index < -0.39 is 6.10 Å². The smallest absolute Gasteiger partial charge is 0.314 e. The number of aliphatic hydroxyl groups excluding tert-OH is 1. The van der Waals surface area contributed by atoms with Crippen molar-refractivity contribution in [3.05, 3.63) is 34.9 Å². The van der Waals surface area contributed by atoms with Crippen molar-refractivity contribution in [2.75, 3.05) is 13.1 Å². The number of hydrogen-bond donors (Lipinski definition) is 3. The first-order valence-corrected chi connectivity index (χ1v) is 6.25. The number of carbonyl (C=O) groups is 1. The third-order valence-electron chi connectivity index (χ3n) is 2.74. The van der Waals surface area contributed by atoms with Gasteiger partial charge in [0.15, 0.2) is 0 Å². The molecule has 4 nitrogen and oxygen atoms in total. The summed E-state index contributed by atoms with van der Waals surface area (Å²) >= 11 is 0. The van der Waals surface area contributed by atoms with Gasteiger partial charge >= 0.3 is 6.03 Å². The molecule has 0 aromatic heterocycles. The highest BCUT2D eigenvalue weighted by Gasteiger charge is 2.03. The Kier molecular flexibility index (Phi) is 5.65. The summed E-state index contributed by atoms with van der Waals surface area (Å²) in [5.41, 5.74) is 3.75. The molecule has 0 heterocycles. The van der Waals surface area contributed by atoms with Crippen LogP contribution in [-0.2, 0) is 6.42 Å². The molecule has 1 aromatic carbocycles. The number of rotatable bonds is 5. The zero-order valence-corrected chi connectivity index (χ0v) is 11.3. The van der Waals surface area contributed by atoms with E-state index in [1.165, 1.54) is 16.7 Å². The lowest BCUT2D eigenvalue weighted by molar-refractivity contribution is 0.187. The van der Waals surface area contributed by atoms with Crippen molar-refractivity contribution in [2.45, 2.75) is 33.3 Å². The molecule has 0 saturated carbocycles. The molecular weight excluding hydrogens is 228 g/mol. The van der Waals surface area contributed by atoms with Crippen LogP contribution < -0.4 is 10.6 Å². The zero-order valence-electron chi connectivity index (χ0n) is 11.3. The Balaban J connectivity index is 2.31. The van der Waals surface area contributed by atoms with Gasteiger partial charge in [0.2, 0.25) is 0 Å². The summed E-state index contributed by atoms with van der Waals surface area (Å²) in [6, 6.07) is 6.08. The monoisotopic (exact) mass is 250 g/mol. The number of aryl methyl sites for hydroxylation is 2. The Morgan fingerprint density at radius 3 is 2.67 bits per heavy atom. The maximum Gasteiger partial charge on any atom is 0.314 e. The number of aliphatic hydroxyl groups is 1. The summed E-state index contributed by atoms with van der Waals surface area (Å²) in [6.07, 6.45) is 0.295. The van der Waals surface area contributed by atoms with Crippen LogP contribution in [0.2, 0.25) is 0 Å².